The third-order valence-electron chi connectivity index (χ3n) is 5.34. The normalized spacial score (nSPS) is 10.9. The number of benzene rings is 3. The number of pyridine rings is 3. The molecule has 0 spiro atoms. The van der Waals surface area contributed by atoms with E-state index in [1.807, 2.05) is 60.0 Å². The number of hydrogen-bond acceptors (Lipinski definition) is 4. The van der Waals surface area contributed by atoms with E-state index in [0.717, 1.165) is 22.2 Å². The van der Waals surface area contributed by atoms with Crippen LogP contribution < -0.4 is 0 Å². The molecule has 4 heterocycles. The van der Waals surface area contributed by atoms with Gasteiger partial charge >= 0.3 is 0 Å². The van der Waals surface area contributed by atoms with Crippen LogP contribution in [0.4, 0.5) is 0 Å². The molecule has 0 aliphatic heterocycles. The van der Waals surface area contributed by atoms with Gasteiger partial charge in [-0.2, -0.15) is 11.3 Å². The standard InChI is InChI=1S/C17H8NS.C10H7N2.Ir/c1-4-10-11-6-3-9-18-17(11)12-5-2-8-14-16(12)15(10)13(7-1)19-14;1-2-7-12-10(5-1)9-4-3-6-11-8-9;/h1-4,6-9H;1-7H;/q2*-1;. The fraction of sp³-hybridized carbons (Fsp3) is 0. The number of fused-ring (bicyclic) bond motifs is 3. The fourth-order valence-corrected chi connectivity index (χ4v) is 5.17. The van der Waals surface area contributed by atoms with Crippen LogP contribution in [0.2, 0.25) is 0 Å². The maximum absolute atomic E-state index is 4.58. The van der Waals surface area contributed by atoms with Gasteiger partial charge in [0, 0.05) is 37.2 Å². The third kappa shape index (κ3) is 3.45. The van der Waals surface area contributed by atoms with Gasteiger partial charge in [-0.15, -0.1) is 41.3 Å². The van der Waals surface area contributed by atoms with Crippen LogP contribution in [0.5, 0.6) is 0 Å². The first-order chi connectivity index (χ1) is 15.4. The van der Waals surface area contributed by atoms with Gasteiger partial charge in [-0.25, -0.2) is 0 Å². The van der Waals surface area contributed by atoms with Crippen molar-refractivity contribution in [1.29, 1.82) is 0 Å². The van der Waals surface area contributed by atoms with E-state index in [9.17, 15) is 0 Å². The van der Waals surface area contributed by atoms with Crippen LogP contribution in [-0.2, 0) is 20.1 Å². The summed E-state index contributed by atoms with van der Waals surface area (Å²) in [5.41, 5.74) is 2.90. The second kappa shape index (κ2) is 8.71. The molecule has 0 aliphatic rings. The summed E-state index contributed by atoms with van der Waals surface area (Å²) in [5, 5.41) is 6.37. The van der Waals surface area contributed by atoms with Gasteiger partial charge in [-0.3, -0.25) is 0 Å². The zero-order valence-electron chi connectivity index (χ0n) is 16.7. The summed E-state index contributed by atoms with van der Waals surface area (Å²) in [5.74, 6) is 0. The van der Waals surface area contributed by atoms with Gasteiger partial charge in [0.1, 0.15) is 0 Å². The molecule has 32 heavy (non-hydrogen) atoms. The maximum Gasteiger partial charge on any atom is 0.0251 e. The summed E-state index contributed by atoms with van der Waals surface area (Å²) in [6, 6.07) is 27.8. The number of aromatic nitrogens is 3. The molecule has 7 rings (SSSR count). The van der Waals surface area contributed by atoms with Gasteiger partial charge in [0.15, 0.2) is 0 Å². The topological polar surface area (TPSA) is 38.7 Å². The molecule has 0 unspecified atom stereocenters. The van der Waals surface area contributed by atoms with Gasteiger partial charge in [0.2, 0.25) is 0 Å². The minimum atomic E-state index is 0. The molecule has 1 radical (unpaired) electrons. The Kier molecular flexibility index (Phi) is 5.62. The van der Waals surface area contributed by atoms with E-state index >= 15 is 0 Å². The largest absolute Gasteiger partial charge is 0.360 e. The molecular weight excluding hydrogens is 591 g/mol. The molecule has 3 nitrogen and oxygen atoms in total. The minimum absolute atomic E-state index is 0. The van der Waals surface area contributed by atoms with E-state index in [1.54, 1.807) is 12.4 Å². The molecule has 7 aromatic rings. The van der Waals surface area contributed by atoms with Crippen molar-refractivity contribution in [1.82, 2.24) is 15.0 Å². The molecule has 0 fully saturated rings. The monoisotopic (exact) mass is 606 g/mol. The molecular formula is C27H15IrN3S-2. The number of nitrogens with zero attached hydrogens (tertiary/aromatic N) is 3. The van der Waals surface area contributed by atoms with Gasteiger partial charge in [0.25, 0.3) is 0 Å². The zero-order chi connectivity index (χ0) is 20.6. The van der Waals surface area contributed by atoms with Crippen LogP contribution in [0.1, 0.15) is 0 Å². The van der Waals surface area contributed by atoms with Crippen LogP contribution in [0, 0.1) is 12.3 Å². The average molecular weight is 606 g/mol. The van der Waals surface area contributed by atoms with E-state index in [4.69, 9.17) is 0 Å². The predicted octanol–water partition coefficient (Wildman–Crippen LogP) is 6.94. The molecule has 0 atom stereocenters. The van der Waals surface area contributed by atoms with E-state index in [1.165, 1.54) is 30.9 Å². The van der Waals surface area contributed by atoms with Gasteiger partial charge < -0.3 is 15.0 Å². The zero-order valence-corrected chi connectivity index (χ0v) is 20.0. The summed E-state index contributed by atoms with van der Waals surface area (Å²) in [6.07, 6.45) is 8.20. The van der Waals surface area contributed by atoms with E-state index < -0.39 is 0 Å². The Bertz CT molecular complexity index is 1510. The Morgan fingerprint density at radius 3 is 2.38 bits per heavy atom. The Morgan fingerprint density at radius 2 is 1.53 bits per heavy atom. The average Bonchev–Trinajstić information content (AvgIpc) is 3.25. The first-order valence-electron chi connectivity index (χ1n) is 9.96. The Labute approximate surface area is 202 Å². The molecule has 0 N–H and O–H groups in total. The Hall–Kier alpha value is -3.24. The Morgan fingerprint density at radius 1 is 0.688 bits per heavy atom. The molecule has 0 saturated carbocycles. The smallest absolute Gasteiger partial charge is 0.0251 e. The van der Waals surface area contributed by atoms with E-state index in [-0.39, 0.29) is 20.1 Å². The quantitative estimate of drug-likeness (QED) is 0.150. The van der Waals surface area contributed by atoms with E-state index in [2.05, 4.69) is 57.5 Å². The van der Waals surface area contributed by atoms with Crippen LogP contribution >= 0.6 is 11.3 Å². The summed E-state index contributed by atoms with van der Waals surface area (Å²) in [4.78, 5) is 12.7. The van der Waals surface area contributed by atoms with Crippen molar-refractivity contribution in [3.63, 3.8) is 0 Å². The van der Waals surface area contributed by atoms with Crippen LogP contribution in [-0.4, -0.2) is 15.0 Å². The summed E-state index contributed by atoms with van der Waals surface area (Å²) in [6.45, 7) is 0. The van der Waals surface area contributed by atoms with Gasteiger partial charge in [-0.1, -0.05) is 41.9 Å². The van der Waals surface area contributed by atoms with Crippen molar-refractivity contribution < 1.29 is 20.1 Å². The number of hydrogen-bond donors (Lipinski definition) is 0. The summed E-state index contributed by atoms with van der Waals surface area (Å²) in [7, 11) is 0. The number of thiophene rings is 1. The molecule has 5 heteroatoms. The minimum Gasteiger partial charge on any atom is -0.360 e. The van der Waals surface area contributed by atoms with E-state index in [0.29, 0.717) is 0 Å². The van der Waals surface area contributed by atoms with Crippen molar-refractivity contribution in [2.24, 2.45) is 0 Å². The first kappa shape index (κ1) is 20.7. The van der Waals surface area contributed by atoms with Gasteiger partial charge in [-0.05, 0) is 56.5 Å². The fourth-order valence-electron chi connectivity index (χ4n) is 4.03. The predicted molar refractivity (Wildman–Crippen MR) is 128 cm³/mol. The van der Waals surface area contributed by atoms with Crippen molar-refractivity contribution in [2.75, 3.05) is 0 Å². The van der Waals surface area contributed by atoms with Gasteiger partial charge in [0.05, 0.1) is 0 Å². The molecule has 0 aliphatic carbocycles. The van der Waals surface area contributed by atoms with Crippen molar-refractivity contribution in [3.05, 3.63) is 104 Å². The number of rotatable bonds is 1. The third-order valence-corrected chi connectivity index (χ3v) is 6.46. The molecule has 155 valence electrons. The van der Waals surface area contributed by atoms with Crippen LogP contribution in [0.15, 0.2) is 91.4 Å². The van der Waals surface area contributed by atoms with Crippen molar-refractivity contribution in [2.45, 2.75) is 0 Å². The van der Waals surface area contributed by atoms with Crippen LogP contribution in [0.25, 0.3) is 53.1 Å². The summed E-state index contributed by atoms with van der Waals surface area (Å²) < 4.78 is 2.68. The van der Waals surface area contributed by atoms with Crippen molar-refractivity contribution in [3.8, 4) is 11.3 Å². The van der Waals surface area contributed by atoms with Crippen molar-refractivity contribution >= 4 is 53.2 Å². The van der Waals surface area contributed by atoms with Crippen LogP contribution in [0.3, 0.4) is 0 Å². The summed E-state index contributed by atoms with van der Waals surface area (Å²) >= 11 is 1.85. The first-order valence-corrected chi connectivity index (χ1v) is 10.8. The SMILES string of the molecule is [Ir].[c-]1ccc2sc3cccc4c5cccnc5c1c2c34.[c-]1ncccc1-c1ccccn1. The molecule has 0 amide bonds. The molecule has 4 aromatic heterocycles. The molecule has 0 saturated heterocycles. The Balaban J connectivity index is 0.000000145. The molecule has 0 bridgehead atoms. The second-order valence-electron chi connectivity index (χ2n) is 7.15. The maximum atomic E-state index is 4.58. The molecule has 3 aromatic carbocycles. The second-order valence-corrected chi connectivity index (χ2v) is 8.23.